The van der Waals surface area contributed by atoms with Crippen molar-refractivity contribution >= 4 is 55.7 Å². The summed E-state index contributed by atoms with van der Waals surface area (Å²) in [5.74, 6) is 0. The third-order valence-electron chi connectivity index (χ3n) is 4.37. The Hall–Kier alpha value is 1.70. The van der Waals surface area contributed by atoms with Crippen LogP contribution in [0.4, 0.5) is 0 Å². The first-order valence-electron chi connectivity index (χ1n) is 8.04. The van der Waals surface area contributed by atoms with Gasteiger partial charge in [-0.15, -0.1) is 0 Å². The fourth-order valence-corrected chi connectivity index (χ4v) is 85.7. The molecule has 0 N–H and O–H groups in total. The van der Waals surface area contributed by atoms with Crippen molar-refractivity contribution in [3.63, 3.8) is 0 Å². The van der Waals surface area contributed by atoms with Crippen molar-refractivity contribution in [1.82, 2.24) is 0 Å². The van der Waals surface area contributed by atoms with E-state index in [9.17, 15) is 0 Å². The van der Waals surface area contributed by atoms with Gasteiger partial charge in [0.1, 0.15) is 0 Å². The van der Waals surface area contributed by atoms with Gasteiger partial charge in [-0.3, -0.25) is 0 Å². The van der Waals surface area contributed by atoms with Crippen molar-refractivity contribution in [3.8, 4) is 0 Å². The summed E-state index contributed by atoms with van der Waals surface area (Å²) in [5, 5.41) is 0. The molecular weight excluding hydrogens is 389 g/mol. The Balaban J connectivity index is 5.81. The molecule has 0 fully saturated rings. The maximum atomic E-state index is 7.48. The molecule has 0 heterocycles. The van der Waals surface area contributed by atoms with E-state index in [1.54, 1.807) is 0 Å². The Morgan fingerprint density at radius 2 is 0.650 bits per heavy atom. The van der Waals surface area contributed by atoms with E-state index in [0.29, 0.717) is 0 Å². The summed E-state index contributed by atoms with van der Waals surface area (Å²) < 4.78 is 2.01. The molecular formula is C14H39ClGeSi4. The third kappa shape index (κ3) is 6.07. The second-order valence-electron chi connectivity index (χ2n) is 10.9. The molecule has 0 amide bonds. The van der Waals surface area contributed by atoms with Gasteiger partial charge in [0.05, 0.1) is 0 Å². The SMILES string of the molecule is C[Si](C)(C)[CH]([GeH]([Cl])[CH]([Si](C)(C)C)[Si](C)(C)C)[Si](C)(C)C. The van der Waals surface area contributed by atoms with Gasteiger partial charge >= 0.3 is 142 Å². The van der Waals surface area contributed by atoms with E-state index >= 15 is 0 Å². The molecule has 20 heavy (non-hydrogen) atoms. The molecule has 0 unspecified atom stereocenters. The number of halogens is 1. The van der Waals surface area contributed by atoms with Gasteiger partial charge in [-0.05, 0) is 0 Å². The van der Waals surface area contributed by atoms with Crippen molar-refractivity contribution in [2.24, 2.45) is 0 Å². The first-order valence-corrected chi connectivity index (χ1v) is 28.3. The van der Waals surface area contributed by atoms with Crippen LogP contribution in [0.3, 0.4) is 0 Å². The third-order valence-corrected chi connectivity index (χ3v) is 64.5. The second kappa shape index (κ2) is 6.67. The molecule has 6 heteroatoms. The fraction of sp³-hybridized carbons (Fsp3) is 1.00. The Kier molecular flexibility index (Phi) is 7.24. The van der Waals surface area contributed by atoms with Crippen molar-refractivity contribution in [2.45, 2.75) is 86.6 Å². The number of hydrogen-bond donors (Lipinski definition) is 0. The van der Waals surface area contributed by atoms with Crippen LogP contribution >= 0.6 is 10.0 Å². The molecule has 0 aromatic carbocycles. The molecule has 122 valence electrons. The van der Waals surface area contributed by atoms with E-state index in [1.807, 2.05) is 0 Å². The second-order valence-corrected chi connectivity index (χ2v) is 46.3. The molecule has 0 radical (unpaired) electrons. The van der Waals surface area contributed by atoms with E-state index in [1.165, 1.54) is 0 Å². The summed E-state index contributed by atoms with van der Waals surface area (Å²) in [6.45, 7) is 31.0. The molecule has 0 saturated carbocycles. The van der Waals surface area contributed by atoms with Gasteiger partial charge in [-0.2, -0.15) is 0 Å². The van der Waals surface area contributed by atoms with E-state index in [2.05, 4.69) is 78.6 Å². The monoisotopic (exact) mass is 428 g/mol. The van der Waals surface area contributed by atoms with Gasteiger partial charge in [-0.1, -0.05) is 0 Å². The Morgan fingerprint density at radius 3 is 0.750 bits per heavy atom. The van der Waals surface area contributed by atoms with Crippen LogP contribution in [0.1, 0.15) is 0 Å². The quantitative estimate of drug-likeness (QED) is 0.443. The van der Waals surface area contributed by atoms with Gasteiger partial charge in [0.25, 0.3) is 0 Å². The summed E-state index contributed by atoms with van der Waals surface area (Å²) in [7, 11) is 2.89. The maximum absolute atomic E-state index is 7.48. The van der Waals surface area contributed by atoms with Gasteiger partial charge < -0.3 is 0 Å². The van der Waals surface area contributed by atoms with Crippen LogP contribution in [0.15, 0.2) is 0 Å². The molecule has 0 aliphatic heterocycles. The van der Waals surface area contributed by atoms with Crippen molar-refractivity contribution in [2.75, 3.05) is 0 Å². The molecule has 0 aromatic rings. The first-order chi connectivity index (χ1) is 8.40. The molecule has 0 atom stereocenters. The van der Waals surface area contributed by atoms with Gasteiger partial charge in [0, 0.05) is 0 Å². The number of rotatable bonds is 6. The molecule has 0 aliphatic carbocycles. The zero-order valence-corrected chi connectivity index (χ0v) is 23.3. The average molecular weight is 428 g/mol. The first kappa shape index (κ1) is 21.7. The van der Waals surface area contributed by atoms with Crippen molar-refractivity contribution in [1.29, 1.82) is 0 Å². The Labute approximate surface area is 141 Å². The van der Waals surface area contributed by atoms with Crippen LogP contribution in [0.5, 0.6) is 0 Å². The van der Waals surface area contributed by atoms with Crippen LogP contribution in [0, 0.1) is 0 Å². The predicted octanol–water partition coefficient (Wildman–Crippen LogP) is 6.20. The fourth-order valence-electron chi connectivity index (χ4n) is 4.70. The van der Waals surface area contributed by atoms with E-state index < -0.39 is 45.7 Å². The zero-order chi connectivity index (χ0) is 16.7. The molecule has 0 bridgehead atoms. The van der Waals surface area contributed by atoms with Crippen molar-refractivity contribution < 1.29 is 0 Å². The zero-order valence-electron chi connectivity index (χ0n) is 16.1. The molecule has 0 nitrogen and oxygen atoms in total. The Morgan fingerprint density at radius 1 is 0.500 bits per heavy atom. The minimum absolute atomic E-state index is 1.01. The molecule has 0 aliphatic rings. The van der Waals surface area contributed by atoms with Crippen molar-refractivity contribution in [3.05, 3.63) is 0 Å². The van der Waals surface area contributed by atoms with Crippen LogP contribution in [-0.4, -0.2) is 45.7 Å². The van der Waals surface area contributed by atoms with Gasteiger partial charge in [-0.25, -0.2) is 0 Å². The van der Waals surface area contributed by atoms with Gasteiger partial charge in [0.15, 0.2) is 0 Å². The summed E-state index contributed by atoms with van der Waals surface area (Å²) >= 11 is -1.79. The summed E-state index contributed by atoms with van der Waals surface area (Å²) in [4.78, 5) is 0. The van der Waals surface area contributed by atoms with Crippen LogP contribution in [-0.2, 0) is 0 Å². The normalized spacial score (nSPS) is 15.6. The summed E-state index contributed by atoms with van der Waals surface area (Å²) in [6.07, 6.45) is 0. The summed E-state index contributed by atoms with van der Waals surface area (Å²) in [6, 6.07) is 0. The summed E-state index contributed by atoms with van der Waals surface area (Å²) in [5.41, 5.74) is 0. The standard InChI is InChI=1S/C14H39ClGeSi4/c1-17(2,3)13(18(4,5)6)16(15)14(19(7,8)9)20(10,11)12/h13-14,16H,1-12H3. The molecule has 0 aromatic heterocycles. The van der Waals surface area contributed by atoms with E-state index in [-0.39, 0.29) is 0 Å². The van der Waals surface area contributed by atoms with Crippen LogP contribution < -0.4 is 0 Å². The number of hydrogen-bond acceptors (Lipinski definition) is 0. The minimum atomic E-state index is -1.79. The van der Waals surface area contributed by atoms with E-state index in [4.69, 9.17) is 10.0 Å². The average Bonchev–Trinajstić information content (AvgIpc) is 1.88. The molecule has 0 saturated heterocycles. The predicted molar refractivity (Wildman–Crippen MR) is 114 cm³/mol. The molecule has 0 rings (SSSR count). The van der Waals surface area contributed by atoms with Crippen LogP contribution in [0.25, 0.3) is 0 Å². The van der Waals surface area contributed by atoms with E-state index in [0.717, 1.165) is 7.99 Å². The Bertz CT molecular complexity index is 260. The topological polar surface area (TPSA) is 0 Å². The van der Waals surface area contributed by atoms with Crippen LogP contribution in [0.2, 0.25) is 86.6 Å². The van der Waals surface area contributed by atoms with Gasteiger partial charge in [0.2, 0.25) is 0 Å². The molecule has 0 spiro atoms.